The fourth-order valence-electron chi connectivity index (χ4n) is 2.39. The maximum atomic E-state index is 12.3. The molecule has 0 bridgehead atoms. The number of rotatable bonds is 5. The van der Waals surface area contributed by atoms with Gasteiger partial charge in [0.1, 0.15) is 0 Å². The summed E-state index contributed by atoms with van der Waals surface area (Å²) in [4.78, 5) is 16.8. The lowest BCUT2D eigenvalue weighted by molar-refractivity contribution is -0.120. The van der Waals surface area contributed by atoms with Crippen LogP contribution in [-0.4, -0.2) is 17.4 Å². The molecule has 0 saturated carbocycles. The molecule has 0 aliphatic heterocycles. The van der Waals surface area contributed by atoms with Gasteiger partial charge in [-0.2, -0.15) is 0 Å². The minimum atomic E-state index is -0.0952. The van der Waals surface area contributed by atoms with Crippen molar-refractivity contribution in [2.45, 2.75) is 58.8 Å². The summed E-state index contributed by atoms with van der Waals surface area (Å²) in [7, 11) is 0. The minimum absolute atomic E-state index is 0.0287. The van der Waals surface area contributed by atoms with Crippen molar-refractivity contribution in [1.29, 1.82) is 0 Å². The van der Waals surface area contributed by atoms with Gasteiger partial charge in [-0.25, -0.2) is 4.98 Å². The molecule has 0 radical (unpaired) electrons. The number of carbonyl (C=O) groups excluding carboxylic acids is 1. The first-order valence-corrected chi connectivity index (χ1v) is 9.25. The largest absolute Gasteiger partial charge is 0.355 e. The Morgan fingerprint density at radius 3 is 2.29 bits per heavy atom. The first-order chi connectivity index (χ1) is 11.1. The summed E-state index contributed by atoms with van der Waals surface area (Å²) in [5.74, 6) is 0.0287. The average Bonchev–Trinajstić information content (AvgIpc) is 2.94. The highest BCUT2D eigenvalue weighted by molar-refractivity contribution is 7.09. The molecule has 3 nitrogen and oxygen atoms in total. The van der Waals surface area contributed by atoms with Crippen molar-refractivity contribution >= 4 is 17.2 Å². The van der Waals surface area contributed by atoms with E-state index in [0.717, 1.165) is 10.7 Å². The van der Waals surface area contributed by atoms with Gasteiger partial charge >= 0.3 is 0 Å². The summed E-state index contributed by atoms with van der Waals surface area (Å²) in [6, 6.07) is 8.50. The van der Waals surface area contributed by atoms with Crippen LogP contribution in [0.3, 0.4) is 0 Å². The second-order valence-corrected chi connectivity index (χ2v) is 8.96. The van der Waals surface area contributed by atoms with E-state index in [2.05, 4.69) is 76.1 Å². The van der Waals surface area contributed by atoms with Crippen molar-refractivity contribution < 1.29 is 4.79 Å². The topological polar surface area (TPSA) is 42.0 Å². The second-order valence-electron chi connectivity index (χ2n) is 8.10. The zero-order valence-electron chi connectivity index (χ0n) is 15.6. The number of aromatic nitrogens is 1. The number of carbonyl (C=O) groups is 1. The third-order valence-corrected chi connectivity index (χ3v) is 5.41. The highest BCUT2D eigenvalue weighted by atomic mass is 32.1. The van der Waals surface area contributed by atoms with E-state index in [0.29, 0.717) is 13.0 Å². The molecule has 130 valence electrons. The molecule has 24 heavy (non-hydrogen) atoms. The van der Waals surface area contributed by atoms with Crippen molar-refractivity contribution in [2.24, 2.45) is 0 Å². The van der Waals surface area contributed by atoms with Crippen LogP contribution >= 0.6 is 11.3 Å². The van der Waals surface area contributed by atoms with E-state index in [4.69, 9.17) is 0 Å². The van der Waals surface area contributed by atoms with Gasteiger partial charge in [0, 0.05) is 22.8 Å². The lowest BCUT2D eigenvalue weighted by Crippen LogP contribution is -2.37. The Morgan fingerprint density at radius 2 is 1.75 bits per heavy atom. The maximum Gasteiger partial charge on any atom is 0.226 e. The van der Waals surface area contributed by atoms with Gasteiger partial charge in [0.05, 0.1) is 17.1 Å². The zero-order chi connectivity index (χ0) is 18.0. The van der Waals surface area contributed by atoms with E-state index in [9.17, 15) is 4.79 Å². The van der Waals surface area contributed by atoms with Crippen molar-refractivity contribution in [1.82, 2.24) is 10.3 Å². The normalized spacial score (nSPS) is 12.2. The second kappa shape index (κ2) is 7.06. The van der Waals surface area contributed by atoms with Crippen molar-refractivity contribution in [3.63, 3.8) is 0 Å². The zero-order valence-corrected chi connectivity index (χ0v) is 16.4. The number of nitrogens with one attached hydrogen (secondary N) is 1. The minimum Gasteiger partial charge on any atom is -0.355 e. The maximum absolute atomic E-state index is 12.3. The molecule has 0 atom stereocenters. The van der Waals surface area contributed by atoms with Crippen molar-refractivity contribution in [3.05, 3.63) is 51.5 Å². The summed E-state index contributed by atoms with van der Waals surface area (Å²) in [5, 5.41) is 6.12. The number of aryl methyl sites for hydroxylation is 1. The summed E-state index contributed by atoms with van der Waals surface area (Å²) in [6.45, 7) is 13.4. The fraction of sp³-hybridized carbons (Fsp3) is 0.500. The highest BCUT2D eigenvalue weighted by Crippen LogP contribution is 2.26. The fourth-order valence-corrected chi connectivity index (χ4v) is 3.29. The average molecular weight is 345 g/mol. The summed E-state index contributed by atoms with van der Waals surface area (Å²) >= 11 is 1.63. The molecule has 4 heteroatoms. The Hall–Kier alpha value is -1.68. The predicted octanol–water partition coefficient (Wildman–Crippen LogP) is 4.39. The van der Waals surface area contributed by atoms with Gasteiger partial charge in [-0.05, 0) is 12.5 Å². The first kappa shape index (κ1) is 18.7. The highest BCUT2D eigenvalue weighted by Gasteiger charge is 2.22. The van der Waals surface area contributed by atoms with Crippen LogP contribution in [0.5, 0.6) is 0 Å². The quantitative estimate of drug-likeness (QED) is 0.874. The van der Waals surface area contributed by atoms with Crippen LogP contribution in [0.25, 0.3) is 0 Å². The van der Waals surface area contributed by atoms with E-state index < -0.39 is 0 Å². The van der Waals surface area contributed by atoms with Crippen LogP contribution in [0.4, 0.5) is 0 Å². The summed E-state index contributed by atoms with van der Waals surface area (Å²) in [6.07, 6.45) is 0.344. The monoisotopic (exact) mass is 344 g/mol. The molecule has 0 aliphatic carbocycles. The van der Waals surface area contributed by atoms with E-state index >= 15 is 0 Å². The number of hydrogen-bond donors (Lipinski definition) is 1. The van der Waals surface area contributed by atoms with Gasteiger partial charge in [0.15, 0.2) is 0 Å². The van der Waals surface area contributed by atoms with E-state index in [1.807, 2.05) is 5.38 Å². The molecule has 0 unspecified atom stereocenters. The molecule has 0 spiro atoms. The van der Waals surface area contributed by atoms with Gasteiger partial charge in [-0.1, -0.05) is 64.4 Å². The molecule has 1 aromatic heterocycles. The van der Waals surface area contributed by atoms with Gasteiger partial charge in [-0.3, -0.25) is 4.79 Å². The van der Waals surface area contributed by atoms with E-state index in [1.54, 1.807) is 11.3 Å². The summed E-state index contributed by atoms with van der Waals surface area (Å²) in [5.41, 5.74) is 3.28. The number of amides is 1. The van der Waals surface area contributed by atoms with Crippen molar-refractivity contribution in [3.8, 4) is 0 Å². The molecule has 0 fully saturated rings. The van der Waals surface area contributed by atoms with Gasteiger partial charge < -0.3 is 5.32 Å². The Morgan fingerprint density at radius 1 is 1.12 bits per heavy atom. The smallest absolute Gasteiger partial charge is 0.226 e. The Bertz CT molecular complexity index is 693. The number of benzene rings is 1. The molecule has 1 aromatic carbocycles. The first-order valence-electron chi connectivity index (χ1n) is 8.37. The van der Waals surface area contributed by atoms with Crippen LogP contribution < -0.4 is 5.32 Å². The predicted molar refractivity (Wildman–Crippen MR) is 102 cm³/mol. The van der Waals surface area contributed by atoms with Crippen LogP contribution in [0.2, 0.25) is 0 Å². The van der Waals surface area contributed by atoms with Crippen LogP contribution in [0, 0.1) is 6.92 Å². The molecular weight excluding hydrogens is 316 g/mol. The number of nitrogens with zero attached hydrogens (tertiary/aromatic N) is 1. The van der Waals surface area contributed by atoms with Gasteiger partial charge in [0.25, 0.3) is 0 Å². The number of hydrogen-bond acceptors (Lipinski definition) is 3. The Balaban J connectivity index is 1.93. The lowest BCUT2D eigenvalue weighted by Gasteiger charge is -2.25. The van der Waals surface area contributed by atoms with E-state index in [-0.39, 0.29) is 16.7 Å². The van der Waals surface area contributed by atoms with E-state index in [1.165, 1.54) is 11.1 Å². The van der Waals surface area contributed by atoms with Gasteiger partial charge in [-0.15, -0.1) is 11.3 Å². The molecule has 2 aromatic rings. The third-order valence-electron chi connectivity index (χ3n) is 4.10. The van der Waals surface area contributed by atoms with Crippen LogP contribution in [0.15, 0.2) is 29.6 Å². The molecule has 0 aliphatic rings. The molecule has 1 amide bonds. The molecular formula is C20H28N2OS. The number of thiazole rings is 1. The van der Waals surface area contributed by atoms with Crippen LogP contribution in [0.1, 0.15) is 56.4 Å². The van der Waals surface area contributed by atoms with Crippen LogP contribution in [-0.2, 0) is 22.0 Å². The molecule has 0 saturated heterocycles. The lowest BCUT2D eigenvalue weighted by atomic mass is 9.84. The summed E-state index contributed by atoms with van der Waals surface area (Å²) < 4.78 is 0. The van der Waals surface area contributed by atoms with Crippen molar-refractivity contribution in [2.75, 3.05) is 6.54 Å². The molecule has 1 N–H and O–H groups in total. The SMILES string of the molecule is Cc1ccc(C(C)(C)CNC(=O)Cc2csc(C(C)(C)C)n2)cc1. The molecule has 1 heterocycles. The standard InChI is InChI=1S/C20H28N2OS/c1-14-7-9-15(10-8-14)20(5,6)13-21-17(23)11-16-12-24-18(22-16)19(2,3)4/h7-10,12H,11,13H2,1-6H3,(H,21,23). The van der Waals surface area contributed by atoms with Gasteiger partial charge in [0.2, 0.25) is 5.91 Å². The molecule has 2 rings (SSSR count). The Labute approximate surface area is 149 Å². The third kappa shape index (κ3) is 4.91. The Kier molecular flexibility index (Phi) is 5.49.